The number of ether oxygens (including phenoxy) is 1. The third-order valence-electron chi connectivity index (χ3n) is 5.36. The molecule has 0 saturated carbocycles. The molecule has 7 nitrogen and oxygen atoms in total. The van der Waals surface area contributed by atoms with Gasteiger partial charge >= 0.3 is 6.03 Å². The summed E-state index contributed by atoms with van der Waals surface area (Å²) in [6.45, 7) is 3.76. The molecule has 3 amide bonds. The third-order valence-corrected chi connectivity index (χ3v) is 5.36. The highest BCUT2D eigenvalue weighted by Crippen LogP contribution is 2.30. The van der Waals surface area contributed by atoms with Crippen molar-refractivity contribution in [2.45, 2.75) is 25.8 Å². The number of imide groups is 1. The quantitative estimate of drug-likeness (QED) is 0.516. The Balaban J connectivity index is 1.63. The Bertz CT molecular complexity index is 1120. The summed E-state index contributed by atoms with van der Waals surface area (Å²) >= 11 is 0. The number of amides is 3. The average molecular weight is 390 g/mol. The average Bonchev–Trinajstić information content (AvgIpc) is 3.25. The largest absolute Gasteiger partial charge is 0.497 e. The molecule has 1 atom stereocenters. The van der Waals surface area contributed by atoms with Crippen LogP contribution in [0.15, 0.2) is 53.8 Å². The molecule has 0 spiro atoms. The molecular formula is C22H22N4O3. The number of fused-ring (bicyclic) bond motifs is 1. The first kappa shape index (κ1) is 18.7. The Hall–Kier alpha value is -3.61. The first-order valence-electron chi connectivity index (χ1n) is 9.42. The van der Waals surface area contributed by atoms with E-state index in [1.165, 1.54) is 11.8 Å². The Morgan fingerprint density at radius 1 is 1.17 bits per heavy atom. The fourth-order valence-electron chi connectivity index (χ4n) is 3.61. The van der Waals surface area contributed by atoms with E-state index >= 15 is 0 Å². The van der Waals surface area contributed by atoms with Crippen LogP contribution in [0.3, 0.4) is 0 Å². The fraction of sp³-hybridized carbons (Fsp3) is 0.227. The maximum absolute atomic E-state index is 13.0. The molecule has 1 saturated heterocycles. The standard InChI is InChI=1S/C22H22N4O3/c1-4-14-6-5-7-18-15(12-23-19(14)18)13-24-26-20(27)22(2,25-21(26)28)16-8-10-17(29-3)11-9-16/h5-13,23H,4H2,1-3H3,(H,25,28)/b24-13+/t22-/m1/s1. The van der Waals surface area contributed by atoms with Crippen LogP contribution in [-0.2, 0) is 16.8 Å². The van der Waals surface area contributed by atoms with Crippen LogP contribution in [0.2, 0.25) is 0 Å². The van der Waals surface area contributed by atoms with Gasteiger partial charge in [-0.25, -0.2) is 4.79 Å². The topological polar surface area (TPSA) is 86.8 Å². The molecule has 2 heterocycles. The number of hydrogen-bond donors (Lipinski definition) is 2. The zero-order chi connectivity index (χ0) is 20.6. The number of carbonyl (C=O) groups is 2. The second-order valence-corrected chi connectivity index (χ2v) is 7.08. The van der Waals surface area contributed by atoms with Gasteiger partial charge in [-0.3, -0.25) is 4.79 Å². The molecule has 0 radical (unpaired) electrons. The van der Waals surface area contributed by atoms with E-state index in [4.69, 9.17) is 4.74 Å². The minimum atomic E-state index is -1.18. The second-order valence-electron chi connectivity index (χ2n) is 7.08. The van der Waals surface area contributed by atoms with Gasteiger partial charge in [0.05, 0.1) is 13.3 Å². The van der Waals surface area contributed by atoms with Gasteiger partial charge in [-0.2, -0.15) is 5.10 Å². The molecule has 148 valence electrons. The molecule has 3 aromatic rings. The molecule has 2 aromatic carbocycles. The van der Waals surface area contributed by atoms with Crippen molar-refractivity contribution >= 4 is 29.1 Å². The molecule has 29 heavy (non-hydrogen) atoms. The molecule has 7 heteroatoms. The number of nitrogens with zero attached hydrogens (tertiary/aromatic N) is 2. The Kier molecular flexibility index (Phi) is 4.58. The summed E-state index contributed by atoms with van der Waals surface area (Å²) in [6, 6.07) is 12.5. The number of aryl methyl sites for hydroxylation is 1. The number of para-hydroxylation sites is 1. The highest BCUT2D eigenvalue weighted by atomic mass is 16.5. The van der Waals surface area contributed by atoms with Gasteiger partial charge in [-0.1, -0.05) is 37.3 Å². The number of nitrogens with one attached hydrogen (secondary N) is 2. The van der Waals surface area contributed by atoms with Crippen molar-refractivity contribution in [1.29, 1.82) is 0 Å². The fourth-order valence-corrected chi connectivity index (χ4v) is 3.61. The van der Waals surface area contributed by atoms with E-state index in [1.807, 2.05) is 18.3 Å². The number of urea groups is 1. The van der Waals surface area contributed by atoms with Crippen LogP contribution in [0.4, 0.5) is 4.79 Å². The summed E-state index contributed by atoms with van der Waals surface area (Å²) in [4.78, 5) is 28.7. The van der Waals surface area contributed by atoms with Crippen LogP contribution in [0.5, 0.6) is 5.75 Å². The maximum Gasteiger partial charge on any atom is 0.346 e. The second kappa shape index (κ2) is 7.09. The lowest BCUT2D eigenvalue weighted by molar-refractivity contribution is -0.131. The van der Waals surface area contributed by atoms with Gasteiger partial charge < -0.3 is 15.0 Å². The highest BCUT2D eigenvalue weighted by Gasteiger charge is 2.49. The number of methoxy groups -OCH3 is 1. The van der Waals surface area contributed by atoms with Gasteiger partial charge in [0.1, 0.15) is 11.3 Å². The molecule has 4 rings (SSSR count). The summed E-state index contributed by atoms with van der Waals surface area (Å²) in [5.74, 6) is 0.243. The first-order valence-corrected chi connectivity index (χ1v) is 9.42. The van der Waals surface area contributed by atoms with E-state index in [1.54, 1.807) is 38.3 Å². The zero-order valence-corrected chi connectivity index (χ0v) is 16.5. The monoisotopic (exact) mass is 390 g/mol. The minimum absolute atomic E-state index is 0.432. The van der Waals surface area contributed by atoms with Crippen molar-refractivity contribution < 1.29 is 14.3 Å². The van der Waals surface area contributed by atoms with E-state index in [0.29, 0.717) is 11.3 Å². The lowest BCUT2D eigenvalue weighted by atomic mass is 9.92. The van der Waals surface area contributed by atoms with E-state index in [0.717, 1.165) is 27.9 Å². The normalized spacial score (nSPS) is 19.3. The molecule has 1 aromatic heterocycles. The summed E-state index contributed by atoms with van der Waals surface area (Å²) in [5, 5.41) is 8.81. The highest BCUT2D eigenvalue weighted by molar-refractivity contribution is 6.08. The first-order chi connectivity index (χ1) is 14.0. The van der Waals surface area contributed by atoms with Gasteiger partial charge in [0.2, 0.25) is 0 Å². The summed E-state index contributed by atoms with van der Waals surface area (Å²) in [6.07, 6.45) is 4.27. The van der Waals surface area contributed by atoms with Crippen LogP contribution >= 0.6 is 0 Å². The van der Waals surface area contributed by atoms with Gasteiger partial charge in [0.25, 0.3) is 5.91 Å². The van der Waals surface area contributed by atoms with Crippen LogP contribution in [0.25, 0.3) is 10.9 Å². The van der Waals surface area contributed by atoms with Crippen molar-refractivity contribution in [3.63, 3.8) is 0 Å². The molecule has 2 N–H and O–H groups in total. The SMILES string of the molecule is CCc1cccc2c(/C=N/N3C(=O)N[C@](C)(c4ccc(OC)cc4)C3=O)c[nH]c12. The van der Waals surface area contributed by atoms with Gasteiger partial charge in [-0.15, -0.1) is 5.01 Å². The molecule has 0 bridgehead atoms. The Morgan fingerprint density at radius 3 is 2.62 bits per heavy atom. The van der Waals surface area contributed by atoms with Gasteiger partial charge in [0.15, 0.2) is 0 Å². The molecule has 1 fully saturated rings. The predicted molar refractivity (Wildman–Crippen MR) is 111 cm³/mol. The summed E-state index contributed by atoms with van der Waals surface area (Å²) in [5.41, 5.74) is 2.53. The van der Waals surface area contributed by atoms with E-state index < -0.39 is 17.5 Å². The van der Waals surface area contributed by atoms with Crippen LogP contribution in [0, 0.1) is 0 Å². The molecule has 1 aliphatic heterocycles. The third kappa shape index (κ3) is 3.04. The number of hydrazone groups is 1. The number of H-pyrrole nitrogens is 1. The smallest absolute Gasteiger partial charge is 0.346 e. The molecule has 0 unspecified atom stereocenters. The maximum atomic E-state index is 13.0. The number of carbonyl (C=O) groups excluding carboxylic acids is 2. The predicted octanol–water partition coefficient (Wildman–Crippen LogP) is 3.54. The van der Waals surface area contributed by atoms with Gasteiger partial charge in [0, 0.05) is 22.7 Å². The minimum Gasteiger partial charge on any atom is -0.497 e. The Labute approximate surface area is 168 Å². The van der Waals surface area contributed by atoms with Crippen LogP contribution < -0.4 is 10.1 Å². The van der Waals surface area contributed by atoms with Crippen molar-refractivity contribution in [2.75, 3.05) is 7.11 Å². The van der Waals surface area contributed by atoms with Crippen molar-refractivity contribution in [3.8, 4) is 5.75 Å². The van der Waals surface area contributed by atoms with Crippen molar-refractivity contribution in [2.24, 2.45) is 5.10 Å². The number of aromatic amines is 1. The van der Waals surface area contributed by atoms with E-state index in [9.17, 15) is 9.59 Å². The number of benzene rings is 2. The van der Waals surface area contributed by atoms with E-state index in [2.05, 4.69) is 28.4 Å². The molecule has 1 aliphatic rings. The van der Waals surface area contributed by atoms with Crippen LogP contribution in [0.1, 0.15) is 30.5 Å². The van der Waals surface area contributed by atoms with Crippen molar-refractivity contribution in [1.82, 2.24) is 15.3 Å². The molecular weight excluding hydrogens is 368 g/mol. The lowest BCUT2D eigenvalue weighted by Crippen LogP contribution is -2.40. The number of aromatic nitrogens is 1. The zero-order valence-electron chi connectivity index (χ0n) is 16.5. The molecule has 0 aliphatic carbocycles. The van der Waals surface area contributed by atoms with Gasteiger partial charge in [-0.05, 0) is 36.6 Å². The lowest BCUT2D eigenvalue weighted by Gasteiger charge is -2.21. The summed E-state index contributed by atoms with van der Waals surface area (Å²) in [7, 11) is 1.57. The Morgan fingerprint density at radius 2 is 1.93 bits per heavy atom. The number of rotatable bonds is 5. The van der Waals surface area contributed by atoms with Crippen molar-refractivity contribution in [3.05, 3.63) is 65.4 Å². The summed E-state index contributed by atoms with van der Waals surface area (Å²) < 4.78 is 5.16. The van der Waals surface area contributed by atoms with Crippen LogP contribution in [-0.4, -0.2) is 35.3 Å². The van der Waals surface area contributed by atoms with E-state index in [-0.39, 0.29) is 0 Å². The number of hydrogen-bond acceptors (Lipinski definition) is 4.